The molecule has 0 radical (unpaired) electrons. The average molecular weight is 237 g/mol. The number of hydrogen-bond acceptors (Lipinski definition) is 1. The Hall–Kier alpha value is -0.0400. The molecule has 1 nitrogen and oxygen atoms in total. The molecule has 17 heavy (non-hydrogen) atoms. The third kappa shape index (κ3) is 2.70. The van der Waals surface area contributed by atoms with Crippen LogP contribution in [0.2, 0.25) is 0 Å². The molecule has 2 fully saturated rings. The van der Waals surface area contributed by atoms with Crippen LogP contribution in [0.4, 0.5) is 0 Å². The van der Waals surface area contributed by atoms with Gasteiger partial charge in [0.1, 0.15) is 0 Å². The van der Waals surface area contributed by atoms with E-state index < -0.39 is 0 Å². The van der Waals surface area contributed by atoms with Gasteiger partial charge in [0, 0.05) is 5.54 Å². The van der Waals surface area contributed by atoms with Crippen molar-refractivity contribution in [2.45, 2.75) is 78.7 Å². The number of nitrogens with zero attached hydrogens (tertiary/aromatic N) is 1. The Morgan fingerprint density at radius 3 is 2.00 bits per heavy atom. The van der Waals surface area contributed by atoms with Gasteiger partial charge in [0.15, 0.2) is 0 Å². The van der Waals surface area contributed by atoms with E-state index in [1.807, 2.05) is 0 Å². The molecule has 2 rings (SSSR count). The predicted octanol–water partition coefficient (Wildman–Crippen LogP) is 4.47. The first-order valence-electron chi connectivity index (χ1n) is 7.54. The van der Waals surface area contributed by atoms with Crippen LogP contribution in [0.25, 0.3) is 0 Å². The summed E-state index contributed by atoms with van der Waals surface area (Å²) in [5.74, 6) is 0. The zero-order valence-electron chi connectivity index (χ0n) is 12.6. The minimum atomic E-state index is 0.461. The van der Waals surface area contributed by atoms with Crippen molar-refractivity contribution >= 4 is 0 Å². The molecule has 2 atom stereocenters. The predicted molar refractivity (Wildman–Crippen MR) is 75.2 cm³/mol. The van der Waals surface area contributed by atoms with Crippen LogP contribution in [0.1, 0.15) is 73.1 Å². The topological polar surface area (TPSA) is 3.24 Å². The van der Waals surface area contributed by atoms with Crippen LogP contribution in [0.5, 0.6) is 0 Å². The molecule has 0 aromatic heterocycles. The molecular formula is C16H31N. The van der Waals surface area contributed by atoms with Gasteiger partial charge in [0.25, 0.3) is 0 Å². The van der Waals surface area contributed by atoms with E-state index in [2.05, 4.69) is 39.5 Å². The Kier molecular flexibility index (Phi) is 3.36. The van der Waals surface area contributed by atoms with Crippen molar-refractivity contribution in [3.8, 4) is 0 Å². The molecule has 1 saturated carbocycles. The maximum absolute atomic E-state index is 2.79. The quantitative estimate of drug-likeness (QED) is 0.685. The Balaban J connectivity index is 2.21. The van der Waals surface area contributed by atoms with Crippen LogP contribution in [0.3, 0.4) is 0 Å². The van der Waals surface area contributed by atoms with E-state index in [4.69, 9.17) is 0 Å². The van der Waals surface area contributed by atoms with Crippen LogP contribution in [0.15, 0.2) is 0 Å². The Bertz CT molecular complexity index is 277. The first kappa shape index (κ1) is 13.4. The first-order valence-corrected chi connectivity index (χ1v) is 7.54. The van der Waals surface area contributed by atoms with Gasteiger partial charge in [-0.05, 0) is 62.9 Å². The lowest BCUT2D eigenvalue weighted by atomic mass is 9.57. The monoisotopic (exact) mass is 237 g/mol. The fourth-order valence-corrected chi connectivity index (χ4v) is 5.02. The van der Waals surface area contributed by atoms with Crippen molar-refractivity contribution < 1.29 is 0 Å². The second kappa shape index (κ2) is 4.26. The summed E-state index contributed by atoms with van der Waals surface area (Å²) in [4.78, 5) is 2.79. The second-order valence-corrected chi connectivity index (χ2v) is 8.05. The third-order valence-electron chi connectivity index (χ3n) is 5.30. The summed E-state index contributed by atoms with van der Waals surface area (Å²) < 4.78 is 0. The normalized spacial score (nSPS) is 42.9. The van der Waals surface area contributed by atoms with E-state index in [-0.39, 0.29) is 0 Å². The minimum absolute atomic E-state index is 0.461. The molecule has 100 valence electrons. The summed E-state index contributed by atoms with van der Waals surface area (Å²) >= 11 is 0. The molecule has 2 unspecified atom stereocenters. The lowest BCUT2D eigenvalue weighted by molar-refractivity contribution is -0.0366. The molecule has 1 aliphatic heterocycles. The van der Waals surface area contributed by atoms with Crippen molar-refractivity contribution in [1.29, 1.82) is 0 Å². The lowest BCUT2D eigenvalue weighted by Gasteiger charge is -2.55. The van der Waals surface area contributed by atoms with E-state index in [1.54, 1.807) is 0 Å². The zero-order valence-corrected chi connectivity index (χ0v) is 12.6. The van der Waals surface area contributed by atoms with Gasteiger partial charge < -0.3 is 0 Å². The Morgan fingerprint density at radius 2 is 1.47 bits per heavy atom. The summed E-state index contributed by atoms with van der Waals surface area (Å²) in [5.41, 5.74) is 1.53. The molecule has 1 saturated heterocycles. The van der Waals surface area contributed by atoms with Crippen LogP contribution < -0.4 is 0 Å². The van der Waals surface area contributed by atoms with E-state index in [0.717, 1.165) is 0 Å². The first-order chi connectivity index (χ1) is 7.79. The van der Waals surface area contributed by atoms with E-state index in [1.165, 1.54) is 51.6 Å². The van der Waals surface area contributed by atoms with Gasteiger partial charge in [-0.3, -0.25) is 4.90 Å². The summed E-state index contributed by atoms with van der Waals surface area (Å²) in [6, 6.07) is 0. The molecule has 0 bridgehead atoms. The highest BCUT2D eigenvalue weighted by Gasteiger charge is 2.48. The molecule has 0 spiro atoms. The van der Waals surface area contributed by atoms with Gasteiger partial charge in [0.05, 0.1) is 0 Å². The summed E-state index contributed by atoms with van der Waals surface area (Å²) in [6.07, 6.45) is 8.35. The maximum atomic E-state index is 2.79. The summed E-state index contributed by atoms with van der Waals surface area (Å²) in [7, 11) is 0. The summed E-state index contributed by atoms with van der Waals surface area (Å²) in [5, 5.41) is 0. The van der Waals surface area contributed by atoms with Gasteiger partial charge in [-0.15, -0.1) is 0 Å². The van der Waals surface area contributed by atoms with E-state index >= 15 is 0 Å². The number of rotatable bonds is 2. The molecule has 0 aromatic rings. The standard InChI is InChI=1S/C16H31N/c1-6-15(4)11-14(2,3)12-16(5,13-15)17-9-7-8-10-17/h6-13H2,1-5H3. The van der Waals surface area contributed by atoms with Crippen molar-refractivity contribution in [3.63, 3.8) is 0 Å². The van der Waals surface area contributed by atoms with Gasteiger partial charge in [-0.2, -0.15) is 0 Å². The third-order valence-corrected chi connectivity index (χ3v) is 5.30. The molecule has 0 N–H and O–H groups in total. The molecular weight excluding hydrogens is 206 g/mol. The van der Waals surface area contributed by atoms with E-state index in [0.29, 0.717) is 16.4 Å². The highest BCUT2D eigenvalue weighted by atomic mass is 15.2. The van der Waals surface area contributed by atoms with Crippen LogP contribution in [0, 0.1) is 10.8 Å². The largest absolute Gasteiger partial charge is 0.298 e. The number of hydrogen-bond donors (Lipinski definition) is 0. The Labute approximate surface area is 108 Å². The van der Waals surface area contributed by atoms with Gasteiger partial charge in [-0.25, -0.2) is 0 Å². The molecule has 2 aliphatic rings. The smallest absolute Gasteiger partial charge is 0.0191 e. The molecule has 1 heteroatoms. The maximum Gasteiger partial charge on any atom is 0.0191 e. The fourth-order valence-electron chi connectivity index (χ4n) is 5.02. The highest BCUT2D eigenvalue weighted by molar-refractivity contribution is 5.03. The SMILES string of the molecule is CCC1(C)CC(C)(C)CC(C)(N2CCCC2)C1. The fraction of sp³-hybridized carbons (Fsp3) is 1.00. The van der Waals surface area contributed by atoms with Crippen molar-refractivity contribution in [1.82, 2.24) is 4.90 Å². The second-order valence-electron chi connectivity index (χ2n) is 8.05. The summed E-state index contributed by atoms with van der Waals surface area (Å²) in [6.45, 7) is 15.1. The molecule has 1 heterocycles. The van der Waals surface area contributed by atoms with Crippen molar-refractivity contribution in [2.24, 2.45) is 10.8 Å². The Morgan fingerprint density at radius 1 is 0.882 bits per heavy atom. The van der Waals surface area contributed by atoms with Crippen molar-refractivity contribution in [3.05, 3.63) is 0 Å². The zero-order chi connectivity index (χ0) is 12.7. The highest BCUT2D eigenvalue weighted by Crippen LogP contribution is 2.54. The molecule has 0 amide bonds. The molecule has 1 aliphatic carbocycles. The average Bonchev–Trinajstić information content (AvgIpc) is 2.67. The van der Waals surface area contributed by atoms with Crippen LogP contribution >= 0.6 is 0 Å². The van der Waals surface area contributed by atoms with Crippen LogP contribution in [-0.2, 0) is 0 Å². The van der Waals surface area contributed by atoms with Gasteiger partial charge in [-0.1, -0.05) is 34.1 Å². The van der Waals surface area contributed by atoms with Gasteiger partial charge in [0.2, 0.25) is 0 Å². The molecule has 0 aromatic carbocycles. The van der Waals surface area contributed by atoms with E-state index in [9.17, 15) is 0 Å². The minimum Gasteiger partial charge on any atom is -0.298 e. The van der Waals surface area contributed by atoms with Gasteiger partial charge >= 0.3 is 0 Å². The lowest BCUT2D eigenvalue weighted by Crippen LogP contribution is -2.54. The number of likely N-dealkylation sites (tertiary alicyclic amines) is 1. The van der Waals surface area contributed by atoms with Crippen molar-refractivity contribution in [2.75, 3.05) is 13.1 Å². The van der Waals surface area contributed by atoms with Crippen LogP contribution in [-0.4, -0.2) is 23.5 Å².